The van der Waals surface area contributed by atoms with Crippen LogP contribution in [0.1, 0.15) is 10.4 Å². The number of rotatable bonds is 3. The Morgan fingerprint density at radius 2 is 1.86 bits per heavy atom. The largest absolute Gasteiger partial charge is 0.376 e. The molecule has 0 unspecified atom stereocenters. The summed E-state index contributed by atoms with van der Waals surface area (Å²) in [6.07, 6.45) is 0. The molecule has 0 aromatic heterocycles. The van der Waals surface area contributed by atoms with Crippen LogP contribution in [0.3, 0.4) is 0 Å². The number of nitrogens with one attached hydrogen (secondary N) is 1. The molecule has 0 radical (unpaired) electrons. The molecular formula is C15H13Cl2IN2O. The fourth-order valence-electron chi connectivity index (χ4n) is 1.83. The summed E-state index contributed by atoms with van der Waals surface area (Å²) in [5, 5.41) is 3.99. The molecule has 2 rings (SSSR count). The minimum absolute atomic E-state index is 0.223. The van der Waals surface area contributed by atoms with E-state index >= 15 is 0 Å². The number of carbonyl (C=O) groups is 1. The first-order valence-electron chi connectivity index (χ1n) is 6.12. The van der Waals surface area contributed by atoms with Crippen molar-refractivity contribution in [3.63, 3.8) is 0 Å². The predicted octanol–water partition coefficient (Wildman–Crippen LogP) is 4.92. The lowest BCUT2D eigenvalue weighted by molar-refractivity contribution is 0.102. The van der Waals surface area contributed by atoms with Crippen LogP contribution in [0.4, 0.5) is 11.4 Å². The average molecular weight is 435 g/mol. The Kier molecular flexibility index (Phi) is 5.35. The molecule has 0 spiro atoms. The number of halogens is 3. The fourth-order valence-corrected chi connectivity index (χ4v) is 2.52. The van der Waals surface area contributed by atoms with E-state index in [1.54, 1.807) is 24.3 Å². The third kappa shape index (κ3) is 4.02. The van der Waals surface area contributed by atoms with Crippen LogP contribution in [0.25, 0.3) is 0 Å². The lowest BCUT2D eigenvalue weighted by Gasteiger charge is -2.18. The van der Waals surface area contributed by atoms with Crippen molar-refractivity contribution in [3.8, 4) is 0 Å². The number of anilines is 2. The molecule has 1 amide bonds. The third-order valence-corrected chi connectivity index (χ3v) is 4.68. The maximum atomic E-state index is 12.3. The molecule has 2 aromatic carbocycles. The lowest BCUT2D eigenvalue weighted by Crippen LogP contribution is -2.16. The second-order valence-corrected chi connectivity index (χ2v) is 6.64. The topological polar surface area (TPSA) is 32.3 Å². The standard InChI is InChI=1S/C15H13Cl2IN2O/c1-20(2)14-6-4-10(16)8-13(14)19-15(21)9-3-5-12(18)11(17)7-9/h3-8H,1-2H3,(H,19,21). The SMILES string of the molecule is CN(C)c1ccc(Cl)cc1NC(=O)c1ccc(I)c(Cl)c1. The van der Waals surface area contributed by atoms with Crippen LogP contribution >= 0.6 is 45.8 Å². The van der Waals surface area contributed by atoms with Gasteiger partial charge < -0.3 is 10.2 Å². The van der Waals surface area contributed by atoms with E-state index in [-0.39, 0.29) is 5.91 Å². The zero-order valence-electron chi connectivity index (χ0n) is 11.5. The van der Waals surface area contributed by atoms with Crippen LogP contribution < -0.4 is 10.2 Å². The number of benzene rings is 2. The summed E-state index contributed by atoms with van der Waals surface area (Å²) in [6.45, 7) is 0. The highest BCUT2D eigenvalue weighted by Crippen LogP contribution is 2.28. The Hall–Kier alpha value is -0.980. The summed E-state index contributed by atoms with van der Waals surface area (Å²) < 4.78 is 0.905. The van der Waals surface area contributed by atoms with Gasteiger partial charge in [-0.2, -0.15) is 0 Å². The maximum Gasteiger partial charge on any atom is 0.255 e. The molecule has 110 valence electrons. The molecule has 0 aliphatic rings. The summed E-state index contributed by atoms with van der Waals surface area (Å²) in [4.78, 5) is 14.2. The zero-order chi connectivity index (χ0) is 15.6. The summed E-state index contributed by atoms with van der Waals surface area (Å²) in [5.41, 5.74) is 2.04. The van der Waals surface area contributed by atoms with Gasteiger partial charge in [0, 0.05) is 28.3 Å². The first-order chi connectivity index (χ1) is 9.88. The molecule has 21 heavy (non-hydrogen) atoms. The van der Waals surface area contributed by atoms with Gasteiger partial charge in [0.25, 0.3) is 5.91 Å². The predicted molar refractivity (Wildman–Crippen MR) is 97.9 cm³/mol. The average Bonchev–Trinajstić information content (AvgIpc) is 2.41. The van der Waals surface area contributed by atoms with Crippen molar-refractivity contribution in [2.24, 2.45) is 0 Å². The lowest BCUT2D eigenvalue weighted by atomic mass is 10.2. The van der Waals surface area contributed by atoms with E-state index in [9.17, 15) is 4.79 Å². The van der Waals surface area contributed by atoms with E-state index in [1.807, 2.05) is 31.1 Å². The van der Waals surface area contributed by atoms with Crippen LogP contribution in [0.5, 0.6) is 0 Å². The Labute approximate surface area is 147 Å². The number of hydrogen-bond acceptors (Lipinski definition) is 2. The van der Waals surface area contributed by atoms with E-state index < -0.39 is 0 Å². The molecule has 0 saturated heterocycles. The van der Waals surface area contributed by atoms with Gasteiger partial charge in [-0.05, 0) is 59.0 Å². The zero-order valence-corrected chi connectivity index (χ0v) is 15.1. The number of amides is 1. The minimum atomic E-state index is -0.223. The molecule has 0 atom stereocenters. The summed E-state index contributed by atoms with van der Waals surface area (Å²) in [5.74, 6) is -0.223. The van der Waals surface area contributed by atoms with Crippen LogP contribution in [0.15, 0.2) is 36.4 Å². The molecule has 1 N–H and O–H groups in total. The molecule has 3 nitrogen and oxygen atoms in total. The van der Waals surface area contributed by atoms with Crippen LogP contribution in [0, 0.1) is 3.57 Å². The van der Waals surface area contributed by atoms with Crippen molar-refractivity contribution in [2.75, 3.05) is 24.3 Å². The van der Waals surface area contributed by atoms with Crippen LogP contribution in [-0.4, -0.2) is 20.0 Å². The van der Waals surface area contributed by atoms with E-state index in [2.05, 4.69) is 27.9 Å². The van der Waals surface area contributed by atoms with Gasteiger partial charge in [-0.1, -0.05) is 23.2 Å². The van der Waals surface area contributed by atoms with E-state index in [0.29, 0.717) is 21.3 Å². The van der Waals surface area contributed by atoms with Crippen molar-refractivity contribution in [3.05, 3.63) is 55.6 Å². The van der Waals surface area contributed by atoms with Gasteiger partial charge in [-0.15, -0.1) is 0 Å². The first-order valence-corrected chi connectivity index (χ1v) is 7.95. The Morgan fingerprint density at radius 1 is 1.14 bits per heavy atom. The van der Waals surface area contributed by atoms with E-state index in [0.717, 1.165) is 9.26 Å². The Bertz CT molecular complexity index is 689. The number of hydrogen-bond donors (Lipinski definition) is 1. The Morgan fingerprint density at radius 3 is 2.48 bits per heavy atom. The summed E-state index contributed by atoms with van der Waals surface area (Å²) >= 11 is 14.2. The van der Waals surface area contributed by atoms with Crippen molar-refractivity contribution in [1.82, 2.24) is 0 Å². The smallest absolute Gasteiger partial charge is 0.255 e. The quantitative estimate of drug-likeness (QED) is 0.695. The van der Waals surface area contributed by atoms with Crippen LogP contribution in [0.2, 0.25) is 10.0 Å². The minimum Gasteiger partial charge on any atom is -0.376 e. The molecule has 0 aliphatic carbocycles. The molecule has 6 heteroatoms. The van der Waals surface area contributed by atoms with E-state index in [1.165, 1.54) is 0 Å². The first kappa shape index (κ1) is 16.4. The second-order valence-electron chi connectivity index (χ2n) is 4.64. The highest BCUT2D eigenvalue weighted by atomic mass is 127. The summed E-state index contributed by atoms with van der Waals surface area (Å²) in [7, 11) is 3.81. The second kappa shape index (κ2) is 6.85. The molecule has 0 fully saturated rings. The number of carbonyl (C=O) groups excluding carboxylic acids is 1. The molecule has 0 saturated carbocycles. The van der Waals surface area contributed by atoms with Crippen molar-refractivity contribution >= 4 is 63.1 Å². The third-order valence-electron chi connectivity index (χ3n) is 2.87. The molecule has 0 bridgehead atoms. The monoisotopic (exact) mass is 434 g/mol. The van der Waals surface area contributed by atoms with Gasteiger partial charge in [0.05, 0.1) is 16.4 Å². The van der Waals surface area contributed by atoms with Gasteiger partial charge in [0.1, 0.15) is 0 Å². The van der Waals surface area contributed by atoms with Crippen molar-refractivity contribution in [1.29, 1.82) is 0 Å². The van der Waals surface area contributed by atoms with Gasteiger partial charge >= 0.3 is 0 Å². The molecule has 0 aliphatic heterocycles. The summed E-state index contributed by atoms with van der Waals surface area (Å²) in [6, 6.07) is 10.6. The molecule has 0 heterocycles. The van der Waals surface area contributed by atoms with Gasteiger partial charge in [0.2, 0.25) is 0 Å². The van der Waals surface area contributed by atoms with Gasteiger partial charge in [-0.25, -0.2) is 0 Å². The molecule has 2 aromatic rings. The number of nitrogens with zero attached hydrogens (tertiary/aromatic N) is 1. The maximum absolute atomic E-state index is 12.3. The van der Waals surface area contributed by atoms with Crippen molar-refractivity contribution in [2.45, 2.75) is 0 Å². The fraction of sp³-hybridized carbons (Fsp3) is 0.133. The normalized spacial score (nSPS) is 10.3. The van der Waals surface area contributed by atoms with Gasteiger partial charge in [0.15, 0.2) is 0 Å². The van der Waals surface area contributed by atoms with Crippen molar-refractivity contribution < 1.29 is 4.79 Å². The van der Waals surface area contributed by atoms with Gasteiger partial charge in [-0.3, -0.25) is 4.79 Å². The van der Waals surface area contributed by atoms with Crippen LogP contribution in [-0.2, 0) is 0 Å². The highest BCUT2D eigenvalue weighted by molar-refractivity contribution is 14.1. The van der Waals surface area contributed by atoms with E-state index in [4.69, 9.17) is 23.2 Å². The highest BCUT2D eigenvalue weighted by Gasteiger charge is 2.12. The Balaban J connectivity index is 2.30. The molecular weight excluding hydrogens is 422 g/mol.